The van der Waals surface area contributed by atoms with E-state index in [0.29, 0.717) is 6.71 Å². The average Bonchev–Trinajstić information content (AvgIpc) is 2.19. The summed E-state index contributed by atoms with van der Waals surface area (Å²) in [6, 6.07) is 10.6. The van der Waals surface area contributed by atoms with Crippen LogP contribution in [0.4, 0.5) is 0 Å². The molecule has 0 heterocycles. The van der Waals surface area contributed by atoms with Gasteiger partial charge in [0, 0.05) is 0 Å². The molecule has 0 aliphatic carbocycles. The van der Waals surface area contributed by atoms with Crippen LogP contribution in [0.15, 0.2) is 30.3 Å². The van der Waals surface area contributed by atoms with Crippen LogP contribution >= 0.6 is 0 Å². The second-order valence-electron chi connectivity index (χ2n) is 3.45. The molecular weight excluding hydrogens is 189 g/mol. The molecule has 0 spiro atoms. The molecule has 0 unspecified atom stereocenters. The van der Waals surface area contributed by atoms with Gasteiger partial charge in [0.1, 0.15) is 0 Å². The van der Waals surface area contributed by atoms with Gasteiger partial charge >= 0.3 is 0 Å². The fourth-order valence-electron chi connectivity index (χ4n) is 1.47. The summed E-state index contributed by atoms with van der Waals surface area (Å²) in [4.78, 5) is 0. The number of hydrogen-bond donors (Lipinski definition) is 1. The molecule has 15 heavy (non-hydrogen) atoms. The van der Waals surface area contributed by atoms with Crippen molar-refractivity contribution >= 4 is 18.4 Å². The van der Waals surface area contributed by atoms with E-state index in [2.05, 4.69) is 31.1 Å². The third kappa shape index (κ3) is 6.04. The van der Waals surface area contributed by atoms with E-state index < -0.39 is 0 Å². The minimum Gasteiger partial charge on any atom is -0.412 e. The maximum atomic E-state index is 6.93. The van der Waals surface area contributed by atoms with Gasteiger partial charge < -0.3 is 16.4 Å². The lowest BCUT2D eigenvalue weighted by molar-refractivity contribution is 0.823. The van der Waals surface area contributed by atoms with Gasteiger partial charge in [0.25, 0.3) is 0 Å². The van der Waals surface area contributed by atoms with Gasteiger partial charge in [0.2, 0.25) is 0 Å². The van der Waals surface area contributed by atoms with Gasteiger partial charge in [0.15, 0.2) is 6.71 Å². The molecule has 0 aliphatic rings. The monoisotopic (exact) mass is 209 g/mol. The van der Waals surface area contributed by atoms with E-state index in [1.807, 2.05) is 6.07 Å². The Kier molecular flexibility index (Phi) is 10.3. The van der Waals surface area contributed by atoms with E-state index in [4.69, 9.17) is 5.41 Å². The van der Waals surface area contributed by atoms with Crippen molar-refractivity contribution in [1.82, 2.24) is 0 Å². The van der Waals surface area contributed by atoms with Crippen molar-refractivity contribution in [2.24, 2.45) is 0 Å². The Balaban J connectivity index is 0. The lowest BCUT2D eigenvalue weighted by Crippen LogP contribution is -2.25. The van der Waals surface area contributed by atoms with Crippen LogP contribution in [0.2, 0.25) is 13.1 Å². The second kappa shape index (κ2) is 9.43. The van der Waals surface area contributed by atoms with Crippen LogP contribution in [-0.4, -0.2) is 23.9 Å². The molecule has 4 heteroatoms. The third-order valence-corrected chi connectivity index (χ3v) is 2.35. The molecular formula is C11H20BNO2. The lowest BCUT2D eigenvalue weighted by atomic mass is 9.44. The summed E-state index contributed by atoms with van der Waals surface area (Å²) >= 11 is 0. The Morgan fingerprint density at radius 2 is 1.80 bits per heavy atom. The van der Waals surface area contributed by atoms with E-state index >= 15 is 0 Å². The van der Waals surface area contributed by atoms with Gasteiger partial charge in [-0.1, -0.05) is 55.4 Å². The van der Waals surface area contributed by atoms with E-state index in [1.165, 1.54) is 18.0 Å². The largest absolute Gasteiger partial charge is 0.412 e. The number of unbranched alkanes of at least 4 members (excludes halogenated alkanes) is 1. The molecule has 0 aliphatic heterocycles. The first-order valence-electron chi connectivity index (χ1n) is 4.88. The maximum absolute atomic E-state index is 6.93. The Hall–Kier alpha value is -1.13. The van der Waals surface area contributed by atoms with E-state index in [0.717, 1.165) is 12.8 Å². The molecule has 5 N–H and O–H groups in total. The molecule has 0 aromatic heterocycles. The highest BCUT2D eigenvalue weighted by atomic mass is 16.0. The summed E-state index contributed by atoms with van der Waals surface area (Å²) in [5.74, 6) is 0. The fraction of sp³-hybridized carbons (Fsp3) is 0.364. The Bertz CT molecular complexity index is 254. The Morgan fingerprint density at radius 1 is 1.20 bits per heavy atom. The van der Waals surface area contributed by atoms with Crippen molar-refractivity contribution in [3.05, 3.63) is 30.3 Å². The molecule has 1 rings (SSSR count). The molecule has 0 fully saturated rings. The molecule has 1 aromatic carbocycles. The van der Waals surface area contributed by atoms with E-state index in [9.17, 15) is 0 Å². The molecule has 0 saturated heterocycles. The van der Waals surface area contributed by atoms with Gasteiger partial charge in [0.05, 0.1) is 0 Å². The zero-order valence-corrected chi connectivity index (χ0v) is 9.16. The zero-order chi connectivity index (χ0) is 9.52. The van der Waals surface area contributed by atoms with Gasteiger partial charge in [-0.05, 0) is 12.6 Å². The minimum atomic E-state index is 0. The lowest BCUT2D eigenvalue weighted by Gasteiger charge is -2.06. The summed E-state index contributed by atoms with van der Waals surface area (Å²) in [6.07, 6.45) is 4.72. The van der Waals surface area contributed by atoms with Gasteiger partial charge in [-0.25, -0.2) is 0 Å². The van der Waals surface area contributed by atoms with E-state index in [-0.39, 0.29) is 11.0 Å². The Labute approximate surface area is 91.7 Å². The van der Waals surface area contributed by atoms with Crippen LogP contribution in [0.5, 0.6) is 0 Å². The van der Waals surface area contributed by atoms with Crippen molar-refractivity contribution < 1.29 is 11.0 Å². The first-order valence-corrected chi connectivity index (χ1v) is 4.88. The third-order valence-electron chi connectivity index (χ3n) is 2.35. The van der Waals surface area contributed by atoms with Gasteiger partial charge in [-0.3, -0.25) is 0 Å². The van der Waals surface area contributed by atoms with Crippen molar-refractivity contribution in [3.8, 4) is 0 Å². The number of nitrogens with one attached hydrogen (secondary N) is 1. The topological polar surface area (TPSA) is 86.8 Å². The molecule has 84 valence electrons. The highest BCUT2D eigenvalue weighted by Crippen LogP contribution is 2.00. The van der Waals surface area contributed by atoms with E-state index in [1.54, 1.807) is 0 Å². The van der Waals surface area contributed by atoms with Crippen molar-refractivity contribution in [3.63, 3.8) is 0 Å². The Morgan fingerprint density at radius 3 is 2.33 bits per heavy atom. The summed E-state index contributed by atoms with van der Waals surface area (Å²) in [5, 5.41) is 6.93. The predicted molar refractivity (Wildman–Crippen MR) is 67.7 cm³/mol. The van der Waals surface area contributed by atoms with Crippen LogP contribution in [0.1, 0.15) is 12.8 Å². The number of benzene rings is 1. The fourth-order valence-corrected chi connectivity index (χ4v) is 1.47. The van der Waals surface area contributed by atoms with Crippen LogP contribution in [-0.2, 0) is 0 Å². The molecule has 1 aromatic rings. The minimum absolute atomic E-state index is 0. The number of hydrogen-bond acceptors (Lipinski definition) is 1. The predicted octanol–water partition coefficient (Wildman–Crippen LogP) is 0.799. The maximum Gasteiger partial charge on any atom is 0.172 e. The van der Waals surface area contributed by atoms with Crippen molar-refractivity contribution in [1.29, 1.82) is 5.41 Å². The van der Waals surface area contributed by atoms with Crippen LogP contribution < -0.4 is 5.46 Å². The van der Waals surface area contributed by atoms with Crippen LogP contribution in [0, 0.1) is 5.41 Å². The smallest absolute Gasteiger partial charge is 0.172 e. The molecule has 0 saturated carbocycles. The highest BCUT2D eigenvalue weighted by Gasteiger charge is 2.07. The first-order chi connectivity index (χ1) is 6.34. The van der Waals surface area contributed by atoms with Gasteiger partial charge in [-0.15, -0.1) is 0 Å². The van der Waals surface area contributed by atoms with Crippen LogP contribution in [0.25, 0.3) is 0 Å². The zero-order valence-electron chi connectivity index (χ0n) is 9.16. The molecule has 0 atom stereocenters. The SMILES string of the molecule is CB(CCCC=N)c1ccccc1.O.O. The standard InChI is InChI=1S/C11H16BN.2H2O/c1-12(9-5-6-10-13)11-7-3-2-4-8-11;;/h2-4,7-8,10,13H,5-6,9H2,1H3;2*1H2. The molecule has 0 radical (unpaired) electrons. The van der Waals surface area contributed by atoms with Crippen molar-refractivity contribution in [2.75, 3.05) is 0 Å². The highest BCUT2D eigenvalue weighted by molar-refractivity contribution is 6.71. The molecule has 0 bridgehead atoms. The first kappa shape index (κ1) is 16.3. The van der Waals surface area contributed by atoms with Crippen molar-refractivity contribution in [2.45, 2.75) is 26.0 Å². The summed E-state index contributed by atoms with van der Waals surface area (Å²) in [7, 11) is 0. The average molecular weight is 209 g/mol. The molecule has 0 amide bonds. The quantitative estimate of drug-likeness (QED) is 0.422. The summed E-state index contributed by atoms with van der Waals surface area (Å²) < 4.78 is 0. The molecule has 3 nitrogen and oxygen atoms in total. The summed E-state index contributed by atoms with van der Waals surface area (Å²) in [6.45, 7) is 2.88. The summed E-state index contributed by atoms with van der Waals surface area (Å²) in [5.41, 5.74) is 1.41. The normalized spacial score (nSPS) is 8.33. The second-order valence-corrected chi connectivity index (χ2v) is 3.45. The van der Waals surface area contributed by atoms with Crippen LogP contribution in [0.3, 0.4) is 0 Å². The van der Waals surface area contributed by atoms with Gasteiger partial charge in [-0.2, -0.15) is 0 Å². The number of rotatable bonds is 5.